The van der Waals surface area contributed by atoms with E-state index in [9.17, 15) is 8.42 Å². The first-order valence-corrected chi connectivity index (χ1v) is 9.96. The van der Waals surface area contributed by atoms with Crippen molar-refractivity contribution in [3.8, 4) is 0 Å². The number of anilines is 1. The van der Waals surface area contributed by atoms with Gasteiger partial charge in [-0.05, 0) is 18.6 Å². The fraction of sp³-hybridized carbons (Fsp3) is 0.222. The van der Waals surface area contributed by atoms with Gasteiger partial charge in [0, 0.05) is 53.8 Å². The van der Waals surface area contributed by atoms with Gasteiger partial charge in [-0.2, -0.15) is 0 Å². The SMILES string of the molecule is CS(=O)(=O)c1ccc2c3c(cccc13)C(=NCCCn1ccnc1)N2. The molecule has 1 aliphatic rings. The monoisotopic (exact) mass is 354 g/mol. The van der Waals surface area contributed by atoms with E-state index < -0.39 is 9.84 Å². The summed E-state index contributed by atoms with van der Waals surface area (Å²) in [4.78, 5) is 9.06. The number of hydrogen-bond acceptors (Lipinski definition) is 4. The molecule has 2 aromatic carbocycles. The molecule has 0 atom stereocenters. The lowest BCUT2D eigenvalue weighted by atomic mass is 10.1. The van der Waals surface area contributed by atoms with Crippen LogP contribution in [0, 0.1) is 0 Å². The van der Waals surface area contributed by atoms with Gasteiger partial charge in [0.05, 0.1) is 11.2 Å². The lowest BCUT2D eigenvalue weighted by Gasteiger charge is -2.05. The predicted molar refractivity (Wildman–Crippen MR) is 98.9 cm³/mol. The molecule has 4 rings (SSSR count). The smallest absolute Gasteiger partial charge is 0.176 e. The molecular weight excluding hydrogens is 336 g/mol. The van der Waals surface area contributed by atoms with Crippen LogP contribution in [0.4, 0.5) is 5.69 Å². The van der Waals surface area contributed by atoms with Gasteiger partial charge in [0.1, 0.15) is 5.84 Å². The molecule has 0 saturated carbocycles. The van der Waals surface area contributed by atoms with Crippen LogP contribution in [-0.2, 0) is 16.4 Å². The summed E-state index contributed by atoms with van der Waals surface area (Å²) < 4.78 is 26.1. The highest BCUT2D eigenvalue weighted by atomic mass is 32.2. The van der Waals surface area contributed by atoms with Gasteiger partial charge in [0.2, 0.25) is 0 Å². The van der Waals surface area contributed by atoms with Crippen LogP contribution in [0.25, 0.3) is 10.8 Å². The molecule has 0 radical (unpaired) electrons. The van der Waals surface area contributed by atoms with Crippen molar-refractivity contribution in [3.63, 3.8) is 0 Å². The van der Waals surface area contributed by atoms with Crippen LogP contribution in [-0.4, -0.2) is 36.6 Å². The number of aliphatic imine (C=N–C) groups is 1. The highest BCUT2D eigenvalue weighted by molar-refractivity contribution is 7.91. The van der Waals surface area contributed by atoms with E-state index in [1.165, 1.54) is 6.26 Å². The van der Waals surface area contributed by atoms with Gasteiger partial charge in [0.25, 0.3) is 0 Å². The first-order chi connectivity index (χ1) is 12.0. The summed E-state index contributed by atoms with van der Waals surface area (Å²) in [6.07, 6.45) is 7.64. The van der Waals surface area contributed by atoms with Crippen LogP contribution < -0.4 is 5.32 Å². The van der Waals surface area contributed by atoms with Gasteiger partial charge in [-0.3, -0.25) is 4.99 Å². The Morgan fingerprint density at radius 1 is 1.24 bits per heavy atom. The van der Waals surface area contributed by atoms with E-state index in [1.54, 1.807) is 18.6 Å². The molecule has 0 fully saturated rings. The highest BCUT2D eigenvalue weighted by Crippen LogP contribution is 2.36. The van der Waals surface area contributed by atoms with Crippen molar-refractivity contribution in [2.45, 2.75) is 17.9 Å². The molecule has 6 nitrogen and oxygen atoms in total. The number of rotatable bonds is 5. The maximum Gasteiger partial charge on any atom is 0.176 e. The number of nitrogens with zero attached hydrogens (tertiary/aromatic N) is 3. The lowest BCUT2D eigenvalue weighted by Crippen LogP contribution is -2.08. The van der Waals surface area contributed by atoms with Gasteiger partial charge in [0.15, 0.2) is 9.84 Å². The van der Waals surface area contributed by atoms with E-state index in [2.05, 4.69) is 15.3 Å². The largest absolute Gasteiger partial charge is 0.339 e. The van der Waals surface area contributed by atoms with E-state index in [0.29, 0.717) is 11.4 Å². The Morgan fingerprint density at radius 2 is 2.12 bits per heavy atom. The van der Waals surface area contributed by atoms with Crippen LogP contribution in [0.2, 0.25) is 0 Å². The van der Waals surface area contributed by atoms with E-state index in [-0.39, 0.29) is 0 Å². The predicted octanol–water partition coefficient (Wildman–Crippen LogP) is 2.70. The molecule has 128 valence electrons. The topological polar surface area (TPSA) is 76.3 Å². The number of nitrogens with one attached hydrogen (secondary N) is 1. The molecular formula is C18H18N4O2S. The van der Waals surface area contributed by atoms with Crippen LogP contribution in [0.5, 0.6) is 0 Å². The maximum atomic E-state index is 12.0. The summed E-state index contributed by atoms with van der Waals surface area (Å²) in [5.41, 5.74) is 1.87. The van der Waals surface area contributed by atoms with Crippen molar-refractivity contribution in [3.05, 3.63) is 54.6 Å². The average Bonchev–Trinajstić information content (AvgIpc) is 3.20. The third-order valence-electron chi connectivity index (χ3n) is 4.31. The zero-order valence-corrected chi connectivity index (χ0v) is 14.6. The number of imidazole rings is 1. The molecule has 0 aliphatic carbocycles. The quantitative estimate of drug-likeness (QED) is 0.715. The first kappa shape index (κ1) is 15.8. The number of benzene rings is 2. The molecule has 0 spiro atoms. The minimum Gasteiger partial charge on any atom is -0.339 e. The minimum atomic E-state index is -3.27. The van der Waals surface area contributed by atoms with Gasteiger partial charge in [-0.15, -0.1) is 0 Å². The van der Waals surface area contributed by atoms with E-state index >= 15 is 0 Å². The molecule has 2 heterocycles. The standard InChI is InChI=1S/C18H18N4O2S/c1-25(23,24)16-7-6-15-17-13(16)4-2-5-14(17)18(21-15)20-8-3-10-22-11-9-19-12-22/h2,4-7,9,11-12H,3,8,10H2,1H3,(H,20,21). The Kier molecular flexibility index (Phi) is 3.80. The van der Waals surface area contributed by atoms with Crippen molar-refractivity contribution < 1.29 is 8.42 Å². The Balaban J connectivity index is 1.64. The van der Waals surface area contributed by atoms with Crippen molar-refractivity contribution in [2.24, 2.45) is 4.99 Å². The van der Waals surface area contributed by atoms with Crippen LogP contribution in [0.1, 0.15) is 12.0 Å². The Hall–Kier alpha value is -2.67. The van der Waals surface area contributed by atoms with Gasteiger partial charge < -0.3 is 9.88 Å². The number of sulfone groups is 1. The Bertz CT molecular complexity index is 1070. The zero-order chi connectivity index (χ0) is 17.4. The number of aryl methyl sites for hydroxylation is 1. The summed E-state index contributed by atoms with van der Waals surface area (Å²) in [6, 6.07) is 9.18. The molecule has 25 heavy (non-hydrogen) atoms. The molecule has 0 bridgehead atoms. The Labute approximate surface area is 146 Å². The van der Waals surface area contributed by atoms with Crippen LogP contribution >= 0.6 is 0 Å². The normalized spacial score (nSPS) is 15.0. The molecule has 0 saturated heterocycles. The van der Waals surface area contributed by atoms with E-state index in [4.69, 9.17) is 0 Å². The number of hydrogen-bond donors (Lipinski definition) is 1. The second-order valence-electron chi connectivity index (χ2n) is 6.12. The summed E-state index contributed by atoms with van der Waals surface area (Å²) in [5.74, 6) is 0.803. The third-order valence-corrected chi connectivity index (χ3v) is 5.47. The second kappa shape index (κ2) is 6.00. The van der Waals surface area contributed by atoms with Crippen molar-refractivity contribution in [1.82, 2.24) is 9.55 Å². The molecule has 1 aliphatic heterocycles. The second-order valence-corrected chi connectivity index (χ2v) is 8.11. The summed E-state index contributed by atoms with van der Waals surface area (Å²) in [5, 5.41) is 4.99. The number of aromatic nitrogens is 2. The molecule has 0 unspecified atom stereocenters. The summed E-state index contributed by atoms with van der Waals surface area (Å²) >= 11 is 0. The fourth-order valence-electron chi connectivity index (χ4n) is 3.19. The van der Waals surface area contributed by atoms with Crippen molar-refractivity contribution in [2.75, 3.05) is 18.1 Å². The molecule has 7 heteroatoms. The van der Waals surface area contributed by atoms with E-state index in [0.717, 1.165) is 40.8 Å². The summed E-state index contributed by atoms with van der Waals surface area (Å²) in [7, 11) is -3.27. The molecule has 1 aromatic heterocycles. The zero-order valence-electron chi connectivity index (χ0n) is 13.8. The minimum absolute atomic E-state index is 0.358. The van der Waals surface area contributed by atoms with Crippen molar-refractivity contribution >= 4 is 32.1 Å². The lowest BCUT2D eigenvalue weighted by molar-refractivity contribution is 0.602. The van der Waals surface area contributed by atoms with Crippen LogP contribution in [0.15, 0.2) is 58.9 Å². The fourth-order valence-corrected chi connectivity index (χ4v) is 4.07. The third kappa shape index (κ3) is 2.91. The highest BCUT2D eigenvalue weighted by Gasteiger charge is 2.23. The molecule has 1 N–H and O–H groups in total. The first-order valence-electron chi connectivity index (χ1n) is 8.07. The van der Waals surface area contributed by atoms with Gasteiger partial charge in [-0.1, -0.05) is 18.2 Å². The number of amidine groups is 1. The average molecular weight is 354 g/mol. The van der Waals surface area contributed by atoms with Crippen LogP contribution in [0.3, 0.4) is 0 Å². The molecule has 0 amide bonds. The van der Waals surface area contributed by atoms with Crippen molar-refractivity contribution in [1.29, 1.82) is 0 Å². The van der Waals surface area contributed by atoms with E-state index in [1.807, 2.05) is 35.0 Å². The van der Waals surface area contributed by atoms with Gasteiger partial charge in [-0.25, -0.2) is 13.4 Å². The summed E-state index contributed by atoms with van der Waals surface area (Å²) in [6.45, 7) is 1.55. The Morgan fingerprint density at radius 3 is 2.88 bits per heavy atom. The maximum absolute atomic E-state index is 12.0. The molecule has 3 aromatic rings. The van der Waals surface area contributed by atoms with Gasteiger partial charge >= 0.3 is 0 Å².